The Kier molecular flexibility index (Phi) is 7.37. The summed E-state index contributed by atoms with van der Waals surface area (Å²) in [4.78, 5) is 14.2. The van der Waals surface area contributed by atoms with Crippen molar-refractivity contribution in [1.29, 1.82) is 0 Å². The van der Waals surface area contributed by atoms with E-state index >= 15 is 0 Å². The van der Waals surface area contributed by atoms with Crippen LogP contribution in [0.1, 0.15) is 23.3 Å². The third-order valence-electron chi connectivity index (χ3n) is 7.74. The van der Waals surface area contributed by atoms with Crippen LogP contribution >= 0.6 is 22.9 Å². The number of halogens is 4. The summed E-state index contributed by atoms with van der Waals surface area (Å²) in [5.41, 5.74) is 1.36. The number of hydrogen-bond acceptors (Lipinski definition) is 7. The number of alkyl halides is 3. The zero-order chi connectivity index (χ0) is 28.8. The third kappa shape index (κ3) is 6.15. The van der Waals surface area contributed by atoms with E-state index in [0.29, 0.717) is 33.3 Å². The fourth-order valence-corrected chi connectivity index (χ4v) is 8.17. The van der Waals surface area contributed by atoms with Crippen molar-refractivity contribution in [2.45, 2.75) is 36.9 Å². The lowest BCUT2D eigenvalue weighted by Crippen LogP contribution is -2.31. The Morgan fingerprint density at radius 2 is 1.80 bits per heavy atom. The molecule has 2 fully saturated rings. The maximum absolute atomic E-state index is 13.0. The van der Waals surface area contributed by atoms with Crippen LogP contribution in [-0.4, -0.2) is 55.6 Å². The summed E-state index contributed by atoms with van der Waals surface area (Å²) < 4.78 is 66.8. The fraction of sp³-hybridized carbons (Fsp3) is 0.357. The van der Waals surface area contributed by atoms with Gasteiger partial charge in [0.2, 0.25) is 0 Å². The lowest BCUT2D eigenvalue weighted by atomic mass is 9.86. The summed E-state index contributed by atoms with van der Waals surface area (Å²) in [6.45, 7) is 3.93. The molecule has 2 aliphatic rings. The van der Waals surface area contributed by atoms with Crippen molar-refractivity contribution in [3.8, 4) is 0 Å². The average molecular weight is 622 g/mol. The predicted octanol–water partition coefficient (Wildman–Crippen LogP) is 6.35. The Labute approximate surface area is 245 Å². The molecule has 7 nitrogen and oxygen atoms in total. The Morgan fingerprint density at radius 1 is 1.02 bits per heavy atom. The SMILES string of the molecule is O=S(=O)(Nc1ccc(CN2CCC3(CCN(c4ncnc5sc(CC(F)(F)F)cc45)C3)C2)c(Cl)c1)c1ccccc1. The smallest absolute Gasteiger partial charge is 0.355 e. The van der Waals surface area contributed by atoms with E-state index in [1.54, 1.807) is 36.4 Å². The molecule has 1 atom stereocenters. The van der Waals surface area contributed by atoms with Crippen molar-refractivity contribution >= 4 is 54.7 Å². The monoisotopic (exact) mass is 621 g/mol. The highest BCUT2D eigenvalue weighted by Crippen LogP contribution is 2.43. The van der Waals surface area contributed by atoms with Crippen LogP contribution in [0.3, 0.4) is 0 Å². The number of rotatable bonds is 7. The van der Waals surface area contributed by atoms with Crippen LogP contribution in [0, 0.1) is 5.41 Å². The van der Waals surface area contributed by atoms with Gasteiger partial charge in [-0.2, -0.15) is 13.2 Å². The van der Waals surface area contributed by atoms with Crippen LogP contribution < -0.4 is 9.62 Å². The van der Waals surface area contributed by atoms with Crippen LogP contribution in [0.4, 0.5) is 24.7 Å². The molecule has 1 N–H and O–H groups in total. The molecule has 4 heterocycles. The van der Waals surface area contributed by atoms with Gasteiger partial charge in [-0.25, -0.2) is 18.4 Å². The summed E-state index contributed by atoms with van der Waals surface area (Å²) in [7, 11) is -3.71. The molecular formula is C28H27ClF3N5O2S2. The second-order valence-electron chi connectivity index (χ2n) is 10.8. The highest BCUT2D eigenvalue weighted by atomic mass is 35.5. The summed E-state index contributed by atoms with van der Waals surface area (Å²) in [5.74, 6) is 0.701. The number of likely N-dealkylation sites (tertiary alicyclic amines) is 1. The quantitative estimate of drug-likeness (QED) is 0.259. The molecule has 4 aromatic rings. The van der Waals surface area contributed by atoms with Gasteiger partial charge >= 0.3 is 6.18 Å². The number of sulfonamides is 1. The molecular weight excluding hydrogens is 595 g/mol. The van der Waals surface area contributed by atoms with Gasteiger partial charge in [0.15, 0.2) is 0 Å². The molecule has 0 saturated carbocycles. The number of thiophene rings is 1. The average Bonchev–Trinajstić information content (AvgIpc) is 3.63. The molecule has 0 aliphatic carbocycles. The van der Waals surface area contributed by atoms with E-state index in [1.165, 1.54) is 18.5 Å². The number of anilines is 2. The summed E-state index contributed by atoms with van der Waals surface area (Å²) in [6.07, 6.45) is -1.84. The molecule has 0 amide bonds. The molecule has 1 unspecified atom stereocenters. The summed E-state index contributed by atoms with van der Waals surface area (Å²) in [5, 5.41) is 1.17. The zero-order valence-corrected chi connectivity index (χ0v) is 24.3. The number of hydrogen-bond donors (Lipinski definition) is 1. The van der Waals surface area contributed by atoms with Crippen molar-refractivity contribution in [3.05, 3.63) is 76.4 Å². The Morgan fingerprint density at radius 3 is 2.56 bits per heavy atom. The summed E-state index contributed by atoms with van der Waals surface area (Å²) >= 11 is 7.65. The minimum Gasteiger partial charge on any atom is -0.355 e. The number of nitrogens with one attached hydrogen (secondary N) is 1. The van der Waals surface area contributed by atoms with Crippen LogP contribution in [0.25, 0.3) is 10.2 Å². The van der Waals surface area contributed by atoms with E-state index in [1.807, 2.05) is 6.07 Å². The van der Waals surface area contributed by atoms with Crippen molar-refractivity contribution < 1.29 is 21.6 Å². The zero-order valence-electron chi connectivity index (χ0n) is 21.9. The second-order valence-corrected chi connectivity index (χ2v) is 14.0. The van der Waals surface area contributed by atoms with Gasteiger partial charge in [-0.3, -0.25) is 9.62 Å². The maximum atomic E-state index is 13.0. The minimum atomic E-state index is -4.26. The normalized spacial score (nSPS) is 20.0. The first-order valence-corrected chi connectivity index (χ1v) is 15.8. The van der Waals surface area contributed by atoms with Gasteiger partial charge in [-0.1, -0.05) is 35.9 Å². The first-order chi connectivity index (χ1) is 19.5. The van der Waals surface area contributed by atoms with E-state index in [4.69, 9.17) is 11.6 Å². The van der Waals surface area contributed by atoms with Crippen LogP contribution in [-0.2, 0) is 23.0 Å². The Balaban J connectivity index is 1.11. The molecule has 0 radical (unpaired) electrons. The number of benzene rings is 2. The van der Waals surface area contributed by atoms with Gasteiger partial charge in [0.1, 0.15) is 17.0 Å². The second kappa shape index (κ2) is 10.7. The first kappa shape index (κ1) is 28.2. The molecule has 216 valence electrons. The van der Waals surface area contributed by atoms with Gasteiger partial charge in [0, 0.05) is 41.5 Å². The van der Waals surface area contributed by atoms with Gasteiger partial charge < -0.3 is 4.90 Å². The van der Waals surface area contributed by atoms with Crippen molar-refractivity contribution in [2.24, 2.45) is 5.41 Å². The van der Waals surface area contributed by atoms with Gasteiger partial charge in [-0.05, 0) is 55.3 Å². The predicted molar refractivity (Wildman–Crippen MR) is 155 cm³/mol. The minimum absolute atomic E-state index is 0.0554. The van der Waals surface area contributed by atoms with E-state index < -0.39 is 22.6 Å². The maximum Gasteiger partial charge on any atom is 0.393 e. The molecule has 2 aromatic carbocycles. The van der Waals surface area contributed by atoms with Crippen molar-refractivity contribution in [3.63, 3.8) is 0 Å². The number of aromatic nitrogens is 2. The van der Waals surface area contributed by atoms with Gasteiger partial charge in [0.05, 0.1) is 22.4 Å². The molecule has 41 heavy (non-hydrogen) atoms. The Hall–Kier alpha value is -2.93. The van der Waals surface area contributed by atoms with Crippen LogP contribution in [0.15, 0.2) is 65.8 Å². The van der Waals surface area contributed by atoms with E-state index in [-0.39, 0.29) is 15.2 Å². The first-order valence-electron chi connectivity index (χ1n) is 13.1. The highest BCUT2D eigenvalue weighted by Gasteiger charge is 2.44. The van der Waals surface area contributed by atoms with Gasteiger partial charge in [0.25, 0.3) is 10.0 Å². The topological polar surface area (TPSA) is 78.4 Å². The molecule has 2 saturated heterocycles. The number of nitrogens with zero attached hydrogens (tertiary/aromatic N) is 4. The van der Waals surface area contributed by atoms with Crippen molar-refractivity contribution in [2.75, 3.05) is 35.8 Å². The third-order valence-corrected chi connectivity index (χ3v) is 10.5. The summed E-state index contributed by atoms with van der Waals surface area (Å²) in [6, 6.07) is 14.9. The largest absolute Gasteiger partial charge is 0.393 e. The molecule has 1 spiro atoms. The van der Waals surface area contributed by atoms with Crippen molar-refractivity contribution in [1.82, 2.24) is 14.9 Å². The van der Waals surface area contributed by atoms with E-state index in [2.05, 4.69) is 24.5 Å². The fourth-order valence-electron chi connectivity index (χ4n) is 5.84. The molecule has 13 heteroatoms. The van der Waals surface area contributed by atoms with Crippen LogP contribution in [0.2, 0.25) is 5.02 Å². The van der Waals surface area contributed by atoms with Gasteiger partial charge in [-0.15, -0.1) is 11.3 Å². The van der Waals surface area contributed by atoms with E-state index in [9.17, 15) is 21.6 Å². The number of fused-ring (bicyclic) bond motifs is 1. The van der Waals surface area contributed by atoms with Crippen LogP contribution in [0.5, 0.6) is 0 Å². The molecule has 0 bridgehead atoms. The lowest BCUT2D eigenvalue weighted by Gasteiger charge is -2.25. The standard InChI is InChI=1S/C28H27ClF3N5O2S2/c29-24-12-20(35-41(38,39)22-4-2-1-3-5-22)7-6-19(24)15-36-10-8-27(16-36)9-11-37(17-27)25-23-13-21(14-28(30,31)32)40-26(23)34-18-33-25/h1-7,12-13,18,35H,8-11,14-17H2. The lowest BCUT2D eigenvalue weighted by molar-refractivity contribution is -0.126. The van der Waals surface area contributed by atoms with E-state index in [0.717, 1.165) is 55.9 Å². The Bertz CT molecular complexity index is 1680. The highest BCUT2D eigenvalue weighted by molar-refractivity contribution is 7.92. The molecule has 2 aliphatic heterocycles. The molecule has 2 aromatic heterocycles. The molecule has 6 rings (SSSR count).